The Bertz CT molecular complexity index is 734. The molecule has 0 aliphatic heterocycles. The fraction of sp³-hybridized carbons (Fsp3) is 1.00. The van der Waals surface area contributed by atoms with E-state index in [-0.39, 0.29) is 0 Å². The molecule has 0 aromatic rings. The number of hydrogen-bond acceptors (Lipinski definition) is 0. The Balaban J connectivity index is 1.45. The first-order valence-electron chi connectivity index (χ1n) is 15.4. The second kappa shape index (κ2) is 8.00. The monoisotopic (exact) mass is 454 g/mol. The van der Waals surface area contributed by atoms with Crippen LogP contribution in [0.25, 0.3) is 0 Å². The summed E-state index contributed by atoms with van der Waals surface area (Å²) in [5.41, 5.74) is 2.90. The van der Waals surface area contributed by atoms with Crippen LogP contribution in [0.3, 0.4) is 0 Å². The molecule has 5 aliphatic rings. The van der Waals surface area contributed by atoms with E-state index in [0.717, 1.165) is 35.5 Å². The van der Waals surface area contributed by atoms with Crippen LogP contribution in [0, 0.1) is 62.6 Å². The van der Waals surface area contributed by atoms with Gasteiger partial charge in [0.05, 0.1) is 0 Å². The lowest BCUT2D eigenvalue weighted by molar-refractivity contribution is -0.241. The summed E-state index contributed by atoms with van der Waals surface area (Å²) < 4.78 is 0. The highest BCUT2D eigenvalue weighted by atomic mass is 14.7. The maximum atomic E-state index is 2.83. The second-order valence-corrected chi connectivity index (χ2v) is 15.9. The Labute approximate surface area is 207 Å². The van der Waals surface area contributed by atoms with Crippen molar-refractivity contribution >= 4 is 0 Å². The first-order valence-corrected chi connectivity index (χ1v) is 15.4. The molecule has 5 rings (SSSR count). The Morgan fingerprint density at radius 1 is 0.667 bits per heavy atom. The van der Waals surface area contributed by atoms with Gasteiger partial charge in [-0.25, -0.2) is 0 Å². The lowest BCUT2D eigenvalue weighted by Gasteiger charge is -2.73. The first kappa shape index (κ1) is 24.7. The average Bonchev–Trinajstić information content (AvgIpc) is 3.09. The second-order valence-electron chi connectivity index (χ2n) is 15.9. The predicted molar refractivity (Wildman–Crippen MR) is 143 cm³/mol. The van der Waals surface area contributed by atoms with Crippen LogP contribution in [0.15, 0.2) is 0 Å². The van der Waals surface area contributed by atoms with E-state index in [4.69, 9.17) is 0 Å². The lowest BCUT2D eigenvalue weighted by atomic mass is 9.32. The Hall–Kier alpha value is 0. The molecule has 0 N–H and O–H groups in total. The Morgan fingerprint density at radius 2 is 1.30 bits per heavy atom. The zero-order valence-electron chi connectivity index (χ0n) is 23.9. The summed E-state index contributed by atoms with van der Waals surface area (Å²) in [6.45, 7) is 21.5. The minimum Gasteiger partial charge on any atom is -0.0654 e. The van der Waals surface area contributed by atoms with E-state index < -0.39 is 0 Å². The largest absolute Gasteiger partial charge is 0.0654 e. The molecule has 0 heterocycles. The SMILES string of the molecule is CCCCC(C)C1CCC2(C)C1CCC1(C)C2CCC2C3(C)CCCC(C)(C)C3CCC21C. The molecular weight excluding hydrogens is 396 g/mol. The summed E-state index contributed by atoms with van der Waals surface area (Å²) in [4.78, 5) is 0. The van der Waals surface area contributed by atoms with Gasteiger partial charge in [0.2, 0.25) is 0 Å². The molecule has 0 saturated heterocycles. The third-order valence-electron chi connectivity index (χ3n) is 14.5. The third-order valence-corrected chi connectivity index (χ3v) is 14.5. The molecule has 10 atom stereocenters. The minimum atomic E-state index is 0.559. The Kier molecular flexibility index (Phi) is 5.98. The number of rotatable bonds is 4. The first-order chi connectivity index (χ1) is 15.4. The van der Waals surface area contributed by atoms with Crippen molar-refractivity contribution < 1.29 is 0 Å². The van der Waals surface area contributed by atoms with Gasteiger partial charge in [-0.2, -0.15) is 0 Å². The van der Waals surface area contributed by atoms with Gasteiger partial charge in [0.15, 0.2) is 0 Å². The molecule has 5 fully saturated rings. The van der Waals surface area contributed by atoms with Crippen molar-refractivity contribution in [2.75, 3.05) is 0 Å². The van der Waals surface area contributed by atoms with E-state index in [0.29, 0.717) is 27.1 Å². The molecule has 0 radical (unpaired) electrons. The molecule has 10 unspecified atom stereocenters. The third kappa shape index (κ3) is 3.26. The maximum Gasteiger partial charge on any atom is -0.0235 e. The van der Waals surface area contributed by atoms with Gasteiger partial charge in [-0.1, -0.05) is 81.1 Å². The molecule has 0 nitrogen and oxygen atoms in total. The van der Waals surface area contributed by atoms with Crippen molar-refractivity contribution in [3.8, 4) is 0 Å². The van der Waals surface area contributed by atoms with E-state index >= 15 is 0 Å². The van der Waals surface area contributed by atoms with Gasteiger partial charge in [-0.15, -0.1) is 0 Å². The maximum absolute atomic E-state index is 2.83. The van der Waals surface area contributed by atoms with Crippen LogP contribution in [-0.4, -0.2) is 0 Å². The fourth-order valence-electron chi connectivity index (χ4n) is 12.8. The van der Waals surface area contributed by atoms with Crippen molar-refractivity contribution in [2.24, 2.45) is 62.6 Å². The Morgan fingerprint density at radius 3 is 1.97 bits per heavy atom. The van der Waals surface area contributed by atoms with E-state index in [9.17, 15) is 0 Å². The lowest BCUT2D eigenvalue weighted by Crippen LogP contribution is -2.65. The normalized spacial score (nSPS) is 54.0. The highest BCUT2D eigenvalue weighted by molar-refractivity contribution is 5.19. The van der Waals surface area contributed by atoms with Gasteiger partial charge < -0.3 is 0 Å². The molecule has 190 valence electrons. The van der Waals surface area contributed by atoms with E-state index in [1.165, 1.54) is 77.0 Å². The van der Waals surface area contributed by atoms with Crippen LogP contribution in [0.2, 0.25) is 0 Å². The minimum absolute atomic E-state index is 0.559. The van der Waals surface area contributed by atoms with Crippen LogP contribution in [0.5, 0.6) is 0 Å². The summed E-state index contributed by atoms with van der Waals surface area (Å²) in [7, 11) is 0. The molecule has 0 aromatic carbocycles. The van der Waals surface area contributed by atoms with Gasteiger partial charge in [-0.05, 0) is 127 Å². The van der Waals surface area contributed by atoms with Crippen molar-refractivity contribution in [2.45, 2.75) is 145 Å². The molecule has 0 aromatic heterocycles. The van der Waals surface area contributed by atoms with Crippen LogP contribution < -0.4 is 0 Å². The van der Waals surface area contributed by atoms with E-state index in [1.807, 2.05) is 0 Å². The molecule has 5 aliphatic carbocycles. The van der Waals surface area contributed by atoms with E-state index in [2.05, 4.69) is 55.4 Å². The summed E-state index contributed by atoms with van der Waals surface area (Å²) >= 11 is 0. The molecule has 0 amide bonds. The van der Waals surface area contributed by atoms with Gasteiger partial charge in [0.1, 0.15) is 0 Å². The van der Waals surface area contributed by atoms with E-state index in [1.54, 1.807) is 12.8 Å². The van der Waals surface area contributed by atoms with Crippen molar-refractivity contribution in [1.82, 2.24) is 0 Å². The zero-order chi connectivity index (χ0) is 23.9. The topological polar surface area (TPSA) is 0 Å². The van der Waals surface area contributed by atoms with Crippen LogP contribution >= 0.6 is 0 Å². The molecule has 0 heteroatoms. The van der Waals surface area contributed by atoms with Crippen molar-refractivity contribution in [3.05, 3.63) is 0 Å². The highest BCUT2D eigenvalue weighted by Crippen LogP contribution is 2.78. The van der Waals surface area contributed by atoms with Gasteiger partial charge in [0, 0.05) is 0 Å². The standard InChI is InChI=1S/C33H58/c1-9-10-12-23(2)24-15-20-30(5)25(24)16-21-32(7)27(30)13-14-28-31(6)19-11-18-29(3,4)26(31)17-22-33(28,32)8/h23-28H,9-22H2,1-8H3. The van der Waals surface area contributed by atoms with Crippen LogP contribution in [-0.2, 0) is 0 Å². The van der Waals surface area contributed by atoms with Gasteiger partial charge >= 0.3 is 0 Å². The van der Waals surface area contributed by atoms with Crippen LogP contribution in [0.4, 0.5) is 0 Å². The summed E-state index contributed by atoms with van der Waals surface area (Å²) in [6, 6.07) is 0. The number of unbranched alkanes of at least 4 members (excludes halogenated alkanes) is 1. The summed E-state index contributed by atoms with van der Waals surface area (Å²) in [5.74, 6) is 5.88. The summed E-state index contributed by atoms with van der Waals surface area (Å²) in [5, 5.41) is 0. The van der Waals surface area contributed by atoms with Gasteiger partial charge in [-0.3, -0.25) is 0 Å². The quantitative estimate of drug-likeness (QED) is 0.396. The van der Waals surface area contributed by atoms with Crippen LogP contribution in [0.1, 0.15) is 145 Å². The average molecular weight is 455 g/mol. The fourth-order valence-corrected chi connectivity index (χ4v) is 12.8. The molecule has 0 spiro atoms. The highest BCUT2D eigenvalue weighted by Gasteiger charge is 2.70. The molecule has 5 saturated carbocycles. The smallest absolute Gasteiger partial charge is 0.0235 e. The number of fused-ring (bicyclic) bond motifs is 7. The predicted octanol–water partition coefficient (Wildman–Crippen LogP) is 10.3. The molecule has 33 heavy (non-hydrogen) atoms. The van der Waals surface area contributed by atoms with Crippen molar-refractivity contribution in [3.63, 3.8) is 0 Å². The summed E-state index contributed by atoms with van der Waals surface area (Å²) in [6.07, 6.45) is 21.0. The molecular formula is C33H58. The van der Waals surface area contributed by atoms with Crippen molar-refractivity contribution in [1.29, 1.82) is 0 Å². The van der Waals surface area contributed by atoms with Gasteiger partial charge in [0.25, 0.3) is 0 Å². The number of hydrogen-bond donors (Lipinski definition) is 0. The molecule has 0 bridgehead atoms. The zero-order valence-corrected chi connectivity index (χ0v) is 23.9.